The zero-order chi connectivity index (χ0) is 26.1. The van der Waals surface area contributed by atoms with Gasteiger partial charge in [0.05, 0.1) is 30.9 Å². The Morgan fingerprint density at radius 1 is 1.00 bits per heavy atom. The summed E-state index contributed by atoms with van der Waals surface area (Å²) in [6.07, 6.45) is 0. The molecule has 1 atom stereocenters. The Hall–Kier alpha value is -3.84. The van der Waals surface area contributed by atoms with E-state index in [0.717, 1.165) is 10.5 Å². The highest BCUT2D eigenvalue weighted by atomic mass is 35.5. The second kappa shape index (κ2) is 10.0. The highest BCUT2D eigenvalue weighted by molar-refractivity contribution is 6.51. The lowest BCUT2D eigenvalue weighted by atomic mass is 9.93. The van der Waals surface area contributed by atoms with Gasteiger partial charge in [0.1, 0.15) is 23.1 Å². The normalized spacial score (nSPS) is 17.1. The third kappa shape index (κ3) is 4.31. The second-order valence-electron chi connectivity index (χ2n) is 8.62. The molecule has 1 amide bonds. The molecular formula is C28H25ClFNO5. The topological polar surface area (TPSA) is 76.1 Å². The number of hydrogen-bond acceptors (Lipinski definition) is 5. The highest BCUT2D eigenvalue weighted by Crippen LogP contribution is 2.44. The minimum atomic E-state index is -1.22. The molecular weight excluding hydrogens is 485 g/mol. The summed E-state index contributed by atoms with van der Waals surface area (Å²) in [7, 11) is 3.00. The highest BCUT2D eigenvalue weighted by Gasteiger charge is 2.48. The summed E-state index contributed by atoms with van der Waals surface area (Å²) in [6.45, 7) is 3.93. The molecule has 0 radical (unpaired) electrons. The van der Waals surface area contributed by atoms with E-state index >= 15 is 4.39 Å². The average Bonchev–Trinajstić information content (AvgIpc) is 3.13. The molecule has 36 heavy (non-hydrogen) atoms. The molecule has 0 aliphatic carbocycles. The number of methoxy groups -OCH3 is 2. The number of anilines is 1. The van der Waals surface area contributed by atoms with Crippen LogP contribution in [-0.2, 0) is 9.59 Å². The maximum absolute atomic E-state index is 15.1. The fraction of sp³-hybridized carbons (Fsp3) is 0.214. The summed E-state index contributed by atoms with van der Waals surface area (Å²) >= 11 is 6.29. The van der Waals surface area contributed by atoms with Crippen LogP contribution < -0.4 is 14.4 Å². The van der Waals surface area contributed by atoms with Crippen molar-refractivity contribution in [1.29, 1.82) is 0 Å². The number of aliphatic hydroxyl groups excluding tert-OH is 1. The molecule has 1 N–H and O–H groups in total. The standard InChI is InChI=1S/C28H25ClFNO5/c1-15(2)19-13-16(9-11-22(19)35-3)26(32)24-25(18-7-5-6-8-21(18)30)31(28(34)27(24)33)17-10-12-23(36-4)20(29)14-17/h5-15,25,32H,1-4H3/b26-24+. The van der Waals surface area contributed by atoms with Gasteiger partial charge < -0.3 is 14.6 Å². The molecule has 0 saturated carbocycles. The number of Topliss-reactive ketones (excluding diaryl/α,β-unsaturated/α-hetero) is 1. The Morgan fingerprint density at radius 3 is 2.28 bits per heavy atom. The van der Waals surface area contributed by atoms with Crippen LogP contribution in [-0.4, -0.2) is 31.0 Å². The smallest absolute Gasteiger partial charge is 0.300 e. The van der Waals surface area contributed by atoms with Crippen LogP contribution in [0.5, 0.6) is 11.5 Å². The van der Waals surface area contributed by atoms with E-state index in [1.807, 2.05) is 13.8 Å². The van der Waals surface area contributed by atoms with Crippen LogP contribution in [0.3, 0.4) is 0 Å². The number of nitrogens with zero attached hydrogens (tertiary/aromatic N) is 1. The molecule has 1 unspecified atom stereocenters. The Morgan fingerprint density at radius 2 is 1.67 bits per heavy atom. The number of carbonyl (C=O) groups is 2. The lowest BCUT2D eigenvalue weighted by Gasteiger charge is -2.26. The van der Waals surface area contributed by atoms with Crippen molar-refractivity contribution >= 4 is 34.7 Å². The van der Waals surface area contributed by atoms with Crippen molar-refractivity contribution in [2.45, 2.75) is 25.8 Å². The van der Waals surface area contributed by atoms with Gasteiger partial charge in [0.15, 0.2) is 0 Å². The number of ketones is 1. The molecule has 0 spiro atoms. The SMILES string of the molecule is COc1ccc(N2C(=O)C(=O)/C(=C(/O)c3ccc(OC)c(C(C)C)c3)C2c2ccccc2F)cc1Cl. The number of carbonyl (C=O) groups excluding carboxylic acids is 2. The summed E-state index contributed by atoms with van der Waals surface area (Å²) in [5, 5.41) is 11.6. The van der Waals surface area contributed by atoms with Crippen LogP contribution in [0.2, 0.25) is 5.02 Å². The van der Waals surface area contributed by atoms with Crippen LogP contribution in [0, 0.1) is 5.82 Å². The van der Waals surface area contributed by atoms with Crippen molar-refractivity contribution in [2.75, 3.05) is 19.1 Å². The van der Waals surface area contributed by atoms with Crippen molar-refractivity contribution in [3.05, 3.63) is 93.8 Å². The van der Waals surface area contributed by atoms with E-state index in [4.69, 9.17) is 21.1 Å². The van der Waals surface area contributed by atoms with E-state index < -0.39 is 29.3 Å². The van der Waals surface area contributed by atoms with Gasteiger partial charge in [0.25, 0.3) is 11.7 Å². The lowest BCUT2D eigenvalue weighted by molar-refractivity contribution is -0.132. The van der Waals surface area contributed by atoms with Crippen molar-refractivity contribution < 1.29 is 28.6 Å². The summed E-state index contributed by atoms with van der Waals surface area (Å²) in [5.74, 6) is -1.83. The third-order valence-electron chi connectivity index (χ3n) is 6.18. The largest absolute Gasteiger partial charge is 0.507 e. The summed E-state index contributed by atoms with van der Waals surface area (Å²) in [4.78, 5) is 27.8. The van der Waals surface area contributed by atoms with Crippen LogP contribution in [0.15, 0.2) is 66.2 Å². The molecule has 4 rings (SSSR count). The van der Waals surface area contributed by atoms with Gasteiger partial charge in [-0.25, -0.2) is 4.39 Å². The van der Waals surface area contributed by atoms with Crippen LogP contribution in [0.4, 0.5) is 10.1 Å². The zero-order valence-corrected chi connectivity index (χ0v) is 21.0. The maximum atomic E-state index is 15.1. The molecule has 3 aromatic rings. The Kier molecular flexibility index (Phi) is 7.04. The first-order valence-electron chi connectivity index (χ1n) is 11.3. The van der Waals surface area contributed by atoms with Crippen molar-refractivity contribution in [2.24, 2.45) is 0 Å². The monoisotopic (exact) mass is 509 g/mol. The first kappa shape index (κ1) is 25.3. The van der Waals surface area contributed by atoms with E-state index in [1.54, 1.807) is 43.5 Å². The maximum Gasteiger partial charge on any atom is 0.300 e. The molecule has 1 heterocycles. The molecule has 1 fully saturated rings. The molecule has 3 aromatic carbocycles. The van der Waals surface area contributed by atoms with Crippen molar-refractivity contribution in [1.82, 2.24) is 0 Å². The molecule has 0 bridgehead atoms. The van der Waals surface area contributed by atoms with Gasteiger partial charge in [-0.1, -0.05) is 43.6 Å². The summed E-state index contributed by atoms with van der Waals surface area (Å²) in [5.41, 5.74) is 1.21. The Labute approximate surface area is 213 Å². The predicted molar refractivity (Wildman–Crippen MR) is 136 cm³/mol. The van der Waals surface area contributed by atoms with Crippen LogP contribution in [0.25, 0.3) is 5.76 Å². The average molecular weight is 510 g/mol. The number of aliphatic hydroxyl groups is 1. The van der Waals surface area contributed by atoms with Gasteiger partial charge >= 0.3 is 0 Å². The number of amides is 1. The molecule has 1 aliphatic rings. The van der Waals surface area contributed by atoms with E-state index in [0.29, 0.717) is 17.1 Å². The number of rotatable bonds is 6. The number of hydrogen-bond donors (Lipinski definition) is 1. The van der Waals surface area contributed by atoms with Gasteiger partial charge in [-0.05, 0) is 53.9 Å². The van der Waals surface area contributed by atoms with Crippen molar-refractivity contribution in [3.8, 4) is 11.5 Å². The van der Waals surface area contributed by atoms with Gasteiger partial charge in [-0.15, -0.1) is 0 Å². The molecule has 8 heteroatoms. The molecule has 6 nitrogen and oxygen atoms in total. The first-order valence-corrected chi connectivity index (χ1v) is 11.6. The number of benzene rings is 3. The molecule has 186 valence electrons. The predicted octanol–water partition coefficient (Wildman–Crippen LogP) is 6.25. The van der Waals surface area contributed by atoms with Gasteiger partial charge in [0.2, 0.25) is 0 Å². The van der Waals surface area contributed by atoms with E-state index in [1.165, 1.54) is 31.4 Å². The van der Waals surface area contributed by atoms with Crippen molar-refractivity contribution in [3.63, 3.8) is 0 Å². The van der Waals surface area contributed by atoms with Gasteiger partial charge in [-0.2, -0.15) is 0 Å². The minimum Gasteiger partial charge on any atom is -0.507 e. The minimum absolute atomic E-state index is 0.0546. The van der Waals surface area contributed by atoms with E-state index in [2.05, 4.69) is 0 Å². The fourth-order valence-corrected chi connectivity index (χ4v) is 4.64. The zero-order valence-electron chi connectivity index (χ0n) is 20.2. The van der Waals surface area contributed by atoms with Crippen LogP contribution >= 0.6 is 11.6 Å². The molecule has 0 aromatic heterocycles. The summed E-state index contributed by atoms with van der Waals surface area (Å²) < 4.78 is 25.7. The first-order chi connectivity index (χ1) is 17.2. The van der Waals surface area contributed by atoms with Gasteiger partial charge in [-0.3, -0.25) is 14.5 Å². The third-order valence-corrected chi connectivity index (χ3v) is 6.48. The Bertz CT molecular complexity index is 1380. The molecule has 1 saturated heterocycles. The van der Waals surface area contributed by atoms with E-state index in [9.17, 15) is 14.7 Å². The van der Waals surface area contributed by atoms with Crippen LogP contribution in [0.1, 0.15) is 42.5 Å². The lowest BCUT2D eigenvalue weighted by Crippen LogP contribution is -2.29. The Balaban J connectivity index is 1.97. The number of ether oxygens (including phenoxy) is 2. The quantitative estimate of drug-likeness (QED) is 0.241. The summed E-state index contributed by atoms with van der Waals surface area (Å²) in [6, 6.07) is 14.1. The molecule has 1 aliphatic heterocycles. The van der Waals surface area contributed by atoms with E-state index in [-0.39, 0.29) is 27.8 Å². The fourth-order valence-electron chi connectivity index (χ4n) is 4.38. The second-order valence-corrected chi connectivity index (χ2v) is 9.03. The van der Waals surface area contributed by atoms with Gasteiger partial charge in [0, 0.05) is 16.8 Å². The number of halogens is 2.